The molecule has 0 atom stereocenters. The Kier molecular flexibility index (Phi) is 7.54. The lowest BCUT2D eigenvalue weighted by Crippen LogP contribution is -2.41. The van der Waals surface area contributed by atoms with Crippen molar-refractivity contribution >= 4 is 17.5 Å². The molecule has 29 heavy (non-hydrogen) atoms. The Balaban J connectivity index is 1.53. The number of pyridine rings is 1. The lowest BCUT2D eigenvalue weighted by Gasteiger charge is -2.26. The molecule has 1 fully saturated rings. The summed E-state index contributed by atoms with van der Waals surface area (Å²) in [5.41, 5.74) is 1.23. The van der Waals surface area contributed by atoms with E-state index in [1.54, 1.807) is 30.3 Å². The Hall–Kier alpha value is -2.97. The number of amides is 2. The van der Waals surface area contributed by atoms with E-state index in [0.717, 1.165) is 38.6 Å². The standard InChI is InChI=1S/C21H26N4O4/c1-2-29-18-5-3-17(4-6-18)24-20(26)16-7-8-22-19(15-16)21(27)23-9-10-25-11-13-28-14-12-25/h3-8,15H,2,9-14H2,1H3,(H,23,27)(H,24,26). The van der Waals surface area contributed by atoms with E-state index in [0.29, 0.717) is 24.4 Å². The zero-order valence-electron chi connectivity index (χ0n) is 16.5. The van der Waals surface area contributed by atoms with Crippen LogP contribution in [0.25, 0.3) is 0 Å². The first-order chi connectivity index (χ1) is 14.2. The lowest BCUT2D eigenvalue weighted by molar-refractivity contribution is 0.0383. The molecule has 0 spiro atoms. The SMILES string of the molecule is CCOc1ccc(NC(=O)c2ccnc(C(=O)NCCN3CCOCC3)c2)cc1. The molecular formula is C21H26N4O4. The molecule has 2 N–H and O–H groups in total. The topological polar surface area (TPSA) is 92.8 Å². The molecule has 0 unspecified atom stereocenters. The largest absolute Gasteiger partial charge is 0.494 e. The normalized spacial score (nSPS) is 14.2. The number of nitrogens with one attached hydrogen (secondary N) is 2. The van der Waals surface area contributed by atoms with Crippen molar-refractivity contribution in [3.63, 3.8) is 0 Å². The lowest BCUT2D eigenvalue weighted by atomic mass is 10.2. The molecule has 1 aromatic heterocycles. The van der Waals surface area contributed by atoms with Crippen molar-refractivity contribution in [3.05, 3.63) is 53.9 Å². The zero-order chi connectivity index (χ0) is 20.5. The third-order valence-electron chi connectivity index (χ3n) is 4.50. The smallest absolute Gasteiger partial charge is 0.269 e. The number of hydrogen-bond donors (Lipinski definition) is 2. The number of carbonyl (C=O) groups excluding carboxylic acids is 2. The molecule has 1 saturated heterocycles. The molecule has 2 heterocycles. The Morgan fingerprint density at radius 1 is 1.14 bits per heavy atom. The minimum absolute atomic E-state index is 0.214. The highest BCUT2D eigenvalue weighted by Gasteiger charge is 2.14. The van der Waals surface area contributed by atoms with Crippen molar-refractivity contribution in [2.45, 2.75) is 6.92 Å². The van der Waals surface area contributed by atoms with Crippen molar-refractivity contribution in [2.75, 3.05) is 51.3 Å². The summed E-state index contributed by atoms with van der Waals surface area (Å²) in [6, 6.07) is 10.2. The fraction of sp³-hybridized carbons (Fsp3) is 0.381. The maximum atomic E-state index is 12.5. The summed E-state index contributed by atoms with van der Waals surface area (Å²) in [5, 5.41) is 5.66. The van der Waals surface area contributed by atoms with E-state index in [1.165, 1.54) is 12.3 Å². The molecule has 0 bridgehead atoms. The highest BCUT2D eigenvalue weighted by Crippen LogP contribution is 2.16. The average molecular weight is 398 g/mol. The van der Waals surface area contributed by atoms with Gasteiger partial charge in [0.1, 0.15) is 11.4 Å². The van der Waals surface area contributed by atoms with Crippen molar-refractivity contribution in [2.24, 2.45) is 0 Å². The van der Waals surface area contributed by atoms with Crippen LogP contribution in [0.3, 0.4) is 0 Å². The molecule has 3 rings (SSSR count). The number of nitrogens with zero attached hydrogens (tertiary/aromatic N) is 2. The number of carbonyl (C=O) groups is 2. The van der Waals surface area contributed by atoms with E-state index in [2.05, 4.69) is 20.5 Å². The van der Waals surface area contributed by atoms with Gasteiger partial charge in [-0.15, -0.1) is 0 Å². The van der Waals surface area contributed by atoms with Crippen molar-refractivity contribution in [3.8, 4) is 5.75 Å². The third-order valence-corrected chi connectivity index (χ3v) is 4.50. The number of anilines is 1. The summed E-state index contributed by atoms with van der Waals surface area (Å²) in [4.78, 5) is 31.2. The van der Waals surface area contributed by atoms with Gasteiger partial charge in [-0.05, 0) is 43.3 Å². The van der Waals surface area contributed by atoms with Crippen LogP contribution in [-0.2, 0) is 4.74 Å². The first kappa shape index (κ1) is 20.8. The molecule has 0 saturated carbocycles. The second-order valence-corrected chi connectivity index (χ2v) is 6.55. The van der Waals surface area contributed by atoms with E-state index in [-0.39, 0.29) is 17.5 Å². The molecule has 154 valence electrons. The Labute approximate surface area is 170 Å². The van der Waals surface area contributed by atoms with Gasteiger partial charge in [-0.2, -0.15) is 0 Å². The van der Waals surface area contributed by atoms with Crippen LogP contribution in [0.15, 0.2) is 42.6 Å². The van der Waals surface area contributed by atoms with Gasteiger partial charge in [0.05, 0.1) is 19.8 Å². The first-order valence-electron chi connectivity index (χ1n) is 9.74. The maximum absolute atomic E-state index is 12.5. The first-order valence-corrected chi connectivity index (χ1v) is 9.74. The Bertz CT molecular complexity index is 820. The average Bonchev–Trinajstić information content (AvgIpc) is 2.76. The highest BCUT2D eigenvalue weighted by molar-refractivity contribution is 6.05. The van der Waals surface area contributed by atoms with Crippen molar-refractivity contribution in [1.29, 1.82) is 0 Å². The number of rotatable bonds is 8. The quantitative estimate of drug-likeness (QED) is 0.704. The van der Waals surface area contributed by atoms with Crippen LogP contribution in [0.5, 0.6) is 5.75 Å². The van der Waals surface area contributed by atoms with Crippen molar-refractivity contribution < 1.29 is 19.1 Å². The predicted octanol–water partition coefficient (Wildman–Crippen LogP) is 1.79. The van der Waals surface area contributed by atoms with Crippen LogP contribution in [0.4, 0.5) is 5.69 Å². The summed E-state index contributed by atoms with van der Waals surface area (Å²) in [5.74, 6) is 0.137. The zero-order valence-corrected chi connectivity index (χ0v) is 16.5. The van der Waals surface area contributed by atoms with E-state index in [9.17, 15) is 9.59 Å². The molecular weight excluding hydrogens is 372 g/mol. The summed E-state index contributed by atoms with van der Waals surface area (Å²) in [6.07, 6.45) is 1.46. The maximum Gasteiger partial charge on any atom is 0.269 e. The van der Waals surface area contributed by atoms with E-state index >= 15 is 0 Å². The molecule has 0 aliphatic carbocycles. The van der Waals surface area contributed by atoms with Crippen LogP contribution in [0.2, 0.25) is 0 Å². The molecule has 1 aliphatic rings. The van der Waals surface area contributed by atoms with Gasteiger partial charge in [-0.1, -0.05) is 0 Å². The van der Waals surface area contributed by atoms with Gasteiger partial charge in [0.2, 0.25) is 0 Å². The minimum atomic E-state index is -0.307. The minimum Gasteiger partial charge on any atom is -0.494 e. The fourth-order valence-corrected chi connectivity index (χ4v) is 2.94. The molecule has 8 heteroatoms. The fourth-order valence-electron chi connectivity index (χ4n) is 2.94. The summed E-state index contributed by atoms with van der Waals surface area (Å²) in [6.45, 7) is 6.96. The van der Waals surface area contributed by atoms with Gasteiger partial charge in [0.15, 0.2) is 0 Å². The van der Waals surface area contributed by atoms with Crippen LogP contribution in [0, 0.1) is 0 Å². The predicted molar refractivity (Wildman–Crippen MR) is 109 cm³/mol. The van der Waals surface area contributed by atoms with Gasteiger partial charge in [0, 0.05) is 43.6 Å². The number of ether oxygens (including phenoxy) is 2. The number of hydrogen-bond acceptors (Lipinski definition) is 6. The van der Waals surface area contributed by atoms with Crippen LogP contribution in [-0.4, -0.2) is 67.7 Å². The summed E-state index contributed by atoms with van der Waals surface area (Å²) < 4.78 is 10.7. The Morgan fingerprint density at radius 2 is 1.90 bits per heavy atom. The van der Waals surface area contributed by atoms with Crippen LogP contribution in [0.1, 0.15) is 27.8 Å². The number of morpholine rings is 1. The summed E-state index contributed by atoms with van der Waals surface area (Å²) >= 11 is 0. The second-order valence-electron chi connectivity index (χ2n) is 6.55. The van der Waals surface area contributed by atoms with E-state index in [4.69, 9.17) is 9.47 Å². The second kappa shape index (κ2) is 10.5. The van der Waals surface area contributed by atoms with Crippen molar-refractivity contribution in [1.82, 2.24) is 15.2 Å². The van der Waals surface area contributed by atoms with Gasteiger partial charge in [-0.25, -0.2) is 0 Å². The van der Waals surface area contributed by atoms with E-state index in [1.807, 2.05) is 6.92 Å². The summed E-state index contributed by atoms with van der Waals surface area (Å²) in [7, 11) is 0. The molecule has 1 aromatic carbocycles. The molecule has 8 nitrogen and oxygen atoms in total. The van der Waals surface area contributed by atoms with Gasteiger partial charge < -0.3 is 20.1 Å². The monoisotopic (exact) mass is 398 g/mol. The number of benzene rings is 1. The van der Waals surface area contributed by atoms with Crippen LogP contribution < -0.4 is 15.4 Å². The highest BCUT2D eigenvalue weighted by atomic mass is 16.5. The molecule has 0 radical (unpaired) electrons. The van der Waals surface area contributed by atoms with E-state index < -0.39 is 0 Å². The third kappa shape index (κ3) is 6.27. The number of aromatic nitrogens is 1. The Morgan fingerprint density at radius 3 is 2.62 bits per heavy atom. The van der Waals surface area contributed by atoms with Crippen LogP contribution >= 0.6 is 0 Å². The van der Waals surface area contributed by atoms with Gasteiger partial charge >= 0.3 is 0 Å². The molecule has 2 amide bonds. The molecule has 2 aromatic rings. The van der Waals surface area contributed by atoms with Gasteiger partial charge in [-0.3, -0.25) is 19.5 Å². The van der Waals surface area contributed by atoms with Gasteiger partial charge in [0.25, 0.3) is 11.8 Å². The molecule has 1 aliphatic heterocycles.